The molecule has 2 N–H and O–H groups in total. The van der Waals surface area contributed by atoms with Crippen LogP contribution >= 0.6 is 0 Å². The van der Waals surface area contributed by atoms with Crippen molar-refractivity contribution in [1.82, 2.24) is 9.13 Å². The van der Waals surface area contributed by atoms with Gasteiger partial charge in [0.05, 0.1) is 30.9 Å². The highest BCUT2D eigenvalue weighted by Crippen LogP contribution is 2.52. The maximum absolute atomic E-state index is 13.8. The number of aromatic nitrogens is 2. The molecule has 0 saturated carbocycles. The molecule has 2 aliphatic heterocycles. The Balaban J connectivity index is 2.29. The highest BCUT2D eigenvalue weighted by atomic mass is 32.2. The first-order valence-electron chi connectivity index (χ1n) is 14.1. The van der Waals surface area contributed by atoms with Gasteiger partial charge >= 0.3 is 5.69 Å². The van der Waals surface area contributed by atoms with Gasteiger partial charge in [-0.2, -0.15) is 8.42 Å². The lowest BCUT2D eigenvalue weighted by Crippen LogP contribution is -2.59. The van der Waals surface area contributed by atoms with Crippen LogP contribution in [0.2, 0.25) is 36.3 Å². The second-order valence-electron chi connectivity index (χ2n) is 14.3. The smallest absolute Gasteiger partial charge is 0.333 e. The minimum atomic E-state index is -4.21. The van der Waals surface area contributed by atoms with E-state index in [2.05, 4.69) is 33.9 Å². The van der Waals surface area contributed by atoms with Crippen molar-refractivity contribution in [2.75, 3.05) is 20.3 Å². The normalized spacial score (nSPS) is 26.7. The first-order chi connectivity index (χ1) is 18.9. The molecule has 1 unspecified atom stereocenters. The van der Waals surface area contributed by atoms with Crippen LogP contribution < -0.4 is 17.0 Å². The van der Waals surface area contributed by atoms with Crippen LogP contribution in [-0.2, 0) is 39.2 Å². The lowest BCUT2D eigenvalue weighted by atomic mass is 9.89. The van der Waals surface area contributed by atoms with E-state index in [1.54, 1.807) is 6.92 Å². The highest BCUT2D eigenvalue weighted by Gasteiger charge is 2.67. The highest BCUT2D eigenvalue weighted by molar-refractivity contribution is 7.90. The fraction of sp³-hybridized carbons (Fsp3) is 0.778. The Labute approximate surface area is 251 Å². The molecule has 15 heteroatoms. The van der Waals surface area contributed by atoms with Gasteiger partial charge in [0.1, 0.15) is 12.2 Å². The SMILES string of the molecule is COCCn1c(=O)c(C)cn([C@@H]2O[C@H](CO[Si](C)(C)C(C)(C)C)C3(OS(=O)(=O)C=C3N)[C@H]2O[Si](C)(C)C(C)(C)C)c1=O. The van der Waals surface area contributed by atoms with E-state index in [4.69, 9.17) is 28.2 Å². The van der Waals surface area contributed by atoms with Crippen LogP contribution in [0.4, 0.5) is 0 Å². The van der Waals surface area contributed by atoms with Gasteiger partial charge in [0, 0.05) is 18.9 Å². The minimum absolute atomic E-state index is 0.0201. The number of hydrogen-bond acceptors (Lipinski definition) is 10. The molecule has 0 bridgehead atoms. The van der Waals surface area contributed by atoms with Gasteiger partial charge in [-0.3, -0.25) is 13.9 Å². The predicted octanol–water partition coefficient (Wildman–Crippen LogP) is 3.17. The number of nitrogens with two attached hydrogens (primary N) is 1. The van der Waals surface area contributed by atoms with Gasteiger partial charge in [-0.15, -0.1) is 0 Å². The van der Waals surface area contributed by atoms with Gasteiger partial charge in [-0.25, -0.2) is 8.98 Å². The number of aryl methyl sites for hydroxylation is 1. The average molecular weight is 648 g/mol. The predicted molar refractivity (Wildman–Crippen MR) is 166 cm³/mol. The Hall–Kier alpha value is -1.60. The van der Waals surface area contributed by atoms with Crippen molar-refractivity contribution in [3.05, 3.63) is 43.7 Å². The quantitative estimate of drug-likeness (QED) is 0.313. The van der Waals surface area contributed by atoms with Crippen molar-refractivity contribution >= 4 is 26.8 Å². The molecule has 42 heavy (non-hydrogen) atoms. The van der Waals surface area contributed by atoms with Crippen molar-refractivity contribution in [3.8, 4) is 0 Å². The fourth-order valence-corrected chi connectivity index (χ4v) is 8.04. The summed E-state index contributed by atoms with van der Waals surface area (Å²) in [5.74, 6) is 0. The van der Waals surface area contributed by atoms with Crippen molar-refractivity contribution in [2.45, 2.75) is 115 Å². The summed E-state index contributed by atoms with van der Waals surface area (Å²) in [6.07, 6.45) is -1.99. The molecule has 1 aromatic heterocycles. The van der Waals surface area contributed by atoms with Crippen molar-refractivity contribution in [3.63, 3.8) is 0 Å². The number of ether oxygens (including phenoxy) is 2. The van der Waals surface area contributed by atoms with Crippen LogP contribution in [0, 0.1) is 6.92 Å². The maximum atomic E-state index is 13.8. The van der Waals surface area contributed by atoms with E-state index in [1.165, 1.54) is 17.9 Å². The minimum Gasteiger partial charge on any atom is -0.414 e. The van der Waals surface area contributed by atoms with Gasteiger partial charge in [0.2, 0.25) is 0 Å². The van der Waals surface area contributed by atoms with Crippen molar-refractivity contribution in [1.29, 1.82) is 0 Å². The third kappa shape index (κ3) is 6.29. The molecule has 12 nitrogen and oxygen atoms in total. The lowest BCUT2D eigenvalue weighted by molar-refractivity contribution is -0.0568. The molecule has 3 rings (SSSR count). The van der Waals surface area contributed by atoms with E-state index in [-0.39, 0.29) is 35.5 Å². The largest absolute Gasteiger partial charge is 0.414 e. The van der Waals surface area contributed by atoms with Gasteiger partial charge in [-0.05, 0) is 43.2 Å². The zero-order valence-electron chi connectivity index (χ0n) is 27.1. The second kappa shape index (κ2) is 11.4. The topological polar surface area (TPSA) is 150 Å². The summed E-state index contributed by atoms with van der Waals surface area (Å²) in [6, 6.07) is 0. The maximum Gasteiger partial charge on any atom is 0.333 e. The van der Waals surface area contributed by atoms with Crippen LogP contribution in [0.3, 0.4) is 0 Å². The van der Waals surface area contributed by atoms with Crippen LogP contribution in [0.15, 0.2) is 26.9 Å². The molecule has 1 aromatic rings. The average Bonchev–Trinajstić information content (AvgIpc) is 3.25. The Kier molecular flexibility index (Phi) is 9.47. The Morgan fingerprint density at radius 3 is 2.10 bits per heavy atom. The van der Waals surface area contributed by atoms with E-state index < -0.39 is 62.0 Å². The molecule has 0 aromatic carbocycles. The molecule has 3 heterocycles. The number of hydrogen-bond donors (Lipinski definition) is 1. The van der Waals surface area contributed by atoms with Gasteiger partial charge < -0.3 is 24.1 Å². The summed E-state index contributed by atoms with van der Waals surface area (Å²) in [5.41, 5.74) is 3.81. The molecule has 1 fully saturated rings. The molecule has 240 valence electrons. The van der Waals surface area contributed by atoms with Crippen LogP contribution in [-0.4, -0.2) is 72.3 Å². The summed E-state index contributed by atoms with van der Waals surface area (Å²) in [5, 5.41) is 0.431. The van der Waals surface area contributed by atoms with Crippen LogP contribution in [0.25, 0.3) is 0 Å². The summed E-state index contributed by atoms with van der Waals surface area (Å²) in [7, 11) is -7.77. The Bertz CT molecular complexity index is 1440. The number of methoxy groups -OCH3 is 1. The number of rotatable bonds is 9. The van der Waals surface area contributed by atoms with E-state index in [0.29, 0.717) is 5.56 Å². The molecular weight excluding hydrogens is 599 g/mol. The second-order valence-corrected chi connectivity index (χ2v) is 25.2. The monoisotopic (exact) mass is 647 g/mol. The third-order valence-electron chi connectivity index (χ3n) is 9.23. The first-order valence-corrected chi connectivity index (χ1v) is 21.4. The standard InChI is InChI=1S/C27H49N3O9SSi2/c1-18-15-30(24(32)29(22(18)31)13-14-35-8)23-21(38-42(11,12)26(5,6)7)27(19(28)17-40(33,34)39-27)20(37-23)16-36-41(9,10)25(2,3)4/h15,17,20-21,23H,13-14,16,28H2,1-12H3/t20-,21+,23-,27?/m1/s1. The first kappa shape index (κ1) is 34.9. The van der Waals surface area contributed by atoms with Gasteiger partial charge in [0.15, 0.2) is 28.5 Å². The molecule has 2 aliphatic rings. The van der Waals surface area contributed by atoms with Crippen molar-refractivity contribution < 1.29 is 30.9 Å². The summed E-state index contributed by atoms with van der Waals surface area (Å²) in [4.78, 5) is 26.8. The van der Waals surface area contributed by atoms with E-state index in [9.17, 15) is 18.0 Å². The molecule has 0 amide bonds. The molecular formula is C27H49N3O9SSi2. The molecule has 1 spiro atoms. The van der Waals surface area contributed by atoms with Gasteiger partial charge in [0.25, 0.3) is 15.7 Å². The zero-order valence-corrected chi connectivity index (χ0v) is 29.9. The molecule has 1 saturated heterocycles. The number of nitrogens with zero attached hydrogens (tertiary/aromatic N) is 2. The Morgan fingerprint density at radius 2 is 1.62 bits per heavy atom. The summed E-state index contributed by atoms with van der Waals surface area (Å²) >= 11 is 0. The summed E-state index contributed by atoms with van der Waals surface area (Å²) in [6.45, 7) is 22.3. The zero-order chi connectivity index (χ0) is 32.3. The lowest BCUT2D eigenvalue weighted by Gasteiger charge is -2.43. The summed E-state index contributed by atoms with van der Waals surface area (Å²) < 4.78 is 59.2. The third-order valence-corrected chi connectivity index (χ3v) is 19.2. The van der Waals surface area contributed by atoms with Crippen LogP contribution in [0.1, 0.15) is 53.3 Å². The van der Waals surface area contributed by atoms with Crippen LogP contribution in [0.5, 0.6) is 0 Å². The van der Waals surface area contributed by atoms with Crippen molar-refractivity contribution in [2.24, 2.45) is 5.73 Å². The van der Waals surface area contributed by atoms with E-state index in [0.717, 1.165) is 9.98 Å². The molecule has 4 atom stereocenters. The molecule has 0 radical (unpaired) electrons. The van der Waals surface area contributed by atoms with E-state index >= 15 is 0 Å². The van der Waals surface area contributed by atoms with E-state index in [1.807, 2.05) is 33.9 Å². The Morgan fingerprint density at radius 1 is 1.05 bits per heavy atom. The fourth-order valence-electron chi connectivity index (χ4n) is 4.53. The van der Waals surface area contributed by atoms with Gasteiger partial charge in [-0.1, -0.05) is 41.5 Å². The molecule has 0 aliphatic carbocycles.